The number of hydrazone groups is 1. The van der Waals surface area contributed by atoms with Gasteiger partial charge in [-0.15, -0.1) is 10.2 Å². The van der Waals surface area contributed by atoms with Gasteiger partial charge in [-0.05, 0) is 24.3 Å². The van der Waals surface area contributed by atoms with Crippen molar-refractivity contribution in [3.8, 4) is 0 Å². The van der Waals surface area contributed by atoms with Crippen LogP contribution in [0.15, 0.2) is 94.5 Å². The Morgan fingerprint density at radius 2 is 1.52 bits per heavy atom. The molecule has 0 amide bonds. The standard InChI is InChI=1S/C19H14F3N5/c20-19(21,22)16-8-4-5-9-17(16)25-27-18(14-6-2-1-3-7-14)26-24-15-10-12-23-13-11-15/h1-13H,(H,23,24)/b26-18+,27-25+. The van der Waals surface area contributed by atoms with Gasteiger partial charge in [-0.2, -0.15) is 18.3 Å². The molecule has 0 bridgehead atoms. The summed E-state index contributed by atoms with van der Waals surface area (Å²) in [6.07, 6.45) is -1.35. The number of nitrogens with zero attached hydrogens (tertiary/aromatic N) is 4. The maximum absolute atomic E-state index is 13.1. The minimum absolute atomic E-state index is 0.143. The largest absolute Gasteiger partial charge is 0.418 e. The van der Waals surface area contributed by atoms with Crippen molar-refractivity contribution < 1.29 is 13.2 Å². The van der Waals surface area contributed by atoms with Crippen LogP contribution < -0.4 is 5.43 Å². The Kier molecular flexibility index (Phi) is 5.55. The van der Waals surface area contributed by atoms with Crippen molar-refractivity contribution in [3.05, 3.63) is 90.3 Å². The third-order valence-electron chi connectivity index (χ3n) is 3.47. The number of rotatable bonds is 4. The molecule has 0 saturated carbocycles. The second kappa shape index (κ2) is 8.22. The number of halogens is 3. The SMILES string of the molecule is FC(F)(F)c1ccccc1/N=N/C(=N/Nc1ccncc1)c1ccccc1. The van der Waals surface area contributed by atoms with Crippen molar-refractivity contribution >= 4 is 17.2 Å². The molecule has 27 heavy (non-hydrogen) atoms. The number of amidine groups is 1. The van der Waals surface area contributed by atoms with Crippen LogP contribution in [-0.4, -0.2) is 10.8 Å². The van der Waals surface area contributed by atoms with Crippen LogP contribution >= 0.6 is 0 Å². The lowest BCUT2D eigenvalue weighted by atomic mass is 10.2. The van der Waals surface area contributed by atoms with E-state index in [0.29, 0.717) is 11.3 Å². The van der Waals surface area contributed by atoms with Gasteiger partial charge < -0.3 is 0 Å². The molecule has 5 nitrogen and oxygen atoms in total. The highest BCUT2D eigenvalue weighted by Crippen LogP contribution is 2.36. The van der Waals surface area contributed by atoms with Crippen molar-refractivity contribution in [2.75, 3.05) is 5.43 Å². The molecule has 1 aromatic heterocycles. The van der Waals surface area contributed by atoms with Crippen LogP contribution in [0.4, 0.5) is 24.5 Å². The van der Waals surface area contributed by atoms with Crippen molar-refractivity contribution in [1.29, 1.82) is 0 Å². The van der Waals surface area contributed by atoms with E-state index in [2.05, 4.69) is 25.7 Å². The van der Waals surface area contributed by atoms with E-state index >= 15 is 0 Å². The number of pyridine rings is 1. The monoisotopic (exact) mass is 369 g/mol. The van der Waals surface area contributed by atoms with Crippen molar-refractivity contribution in [2.24, 2.45) is 15.3 Å². The van der Waals surface area contributed by atoms with Crippen LogP contribution in [0.2, 0.25) is 0 Å². The number of nitrogens with one attached hydrogen (secondary N) is 1. The van der Waals surface area contributed by atoms with Gasteiger partial charge in [0.25, 0.3) is 0 Å². The number of benzene rings is 2. The molecule has 0 radical (unpaired) electrons. The summed E-state index contributed by atoms with van der Waals surface area (Å²) in [5, 5.41) is 11.9. The quantitative estimate of drug-likeness (QED) is 0.279. The van der Waals surface area contributed by atoms with E-state index in [1.807, 2.05) is 6.07 Å². The smallest absolute Gasteiger partial charge is 0.276 e. The van der Waals surface area contributed by atoms with E-state index in [1.165, 1.54) is 18.2 Å². The molecule has 0 fully saturated rings. The van der Waals surface area contributed by atoms with Crippen LogP contribution in [0.3, 0.4) is 0 Å². The first-order chi connectivity index (χ1) is 13.0. The predicted octanol–water partition coefficient (Wildman–Crippen LogP) is 5.66. The maximum atomic E-state index is 13.1. The van der Waals surface area contributed by atoms with Crippen molar-refractivity contribution in [1.82, 2.24) is 4.98 Å². The summed E-state index contributed by atoms with van der Waals surface area (Å²) in [5.41, 5.74) is 2.92. The molecule has 2 aromatic carbocycles. The first-order valence-electron chi connectivity index (χ1n) is 7.91. The van der Waals surface area contributed by atoms with Gasteiger partial charge in [-0.25, -0.2) is 0 Å². The summed E-state index contributed by atoms with van der Waals surface area (Å²) in [6.45, 7) is 0. The average molecular weight is 369 g/mol. The molecule has 0 spiro atoms. The predicted molar refractivity (Wildman–Crippen MR) is 96.8 cm³/mol. The summed E-state index contributed by atoms with van der Waals surface area (Å²) < 4.78 is 39.3. The Balaban J connectivity index is 1.94. The lowest BCUT2D eigenvalue weighted by molar-refractivity contribution is -0.137. The van der Waals surface area contributed by atoms with Crippen LogP contribution in [0.1, 0.15) is 11.1 Å². The maximum Gasteiger partial charge on any atom is 0.418 e. The van der Waals surface area contributed by atoms with E-state index in [4.69, 9.17) is 0 Å². The molecule has 0 aliphatic heterocycles. The summed E-state index contributed by atoms with van der Waals surface area (Å²) in [5.74, 6) is 0.143. The topological polar surface area (TPSA) is 62.0 Å². The Hall–Kier alpha value is -3.55. The van der Waals surface area contributed by atoms with Gasteiger partial charge in [0.1, 0.15) is 0 Å². The molecule has 0 unspecified atom stereocenters. The highest BCUT2D eigenvalue weighted by molar-refractivity contribution is 5.99. The van der Waals surface area contributed by atoms with Crippen LogP contribution in [-0.2, 0) is 6.18 Å². The summed E-state index contributed by atoms with van der Waals surface area (Å²) in [7, 11) is 0. The molecule has 0 saturated heterocycles. The minimum Gasteiger partial charge on any atom is -0.276 e. The third kappa shape index (κ3) is 4.97. The summed E-state index contributed by atoms with van der Waals surface area (Å²) >= 11 is 0. The first kappa shape index (κ1) is 18.2. The zero-order valence-corrected chi connectivity index (χ0v) is 13.9. The lowest BCUT2D eigenvalue weighted by Gasteiger charge is -2.08. The van der Waals surface area contributed by atoms with Gasteiger partial charge in [-0.1, -0.05) is 42.5 Å². The van der Waals surface area contributed by atoms with Gasteiger partial charge >= 0.3 is 6.18 Å². The number of hydrogen-bond donors (Lipinski definition) is 1. The second-order valence-corrected chi connectivity index (χ2v) is 5.36. The molecule has 136 valence electrons. The molecule has 0 atom stereocenters. The molecular weight excluding hydrogens is 355 g/mol. The van der Waals surface area contributed by atoms with Gasteiger partial charge in [0.15, 0.2) is 0 Å². The van der Waals surface area contributed by atoms with Crippen molar-refractivity contribution in [2.45, 2.75) is 6.18 Å². The van der Waals surface area contributed by atoms with Gasteiger partial charge in [0.05, 0.1) is 16.9 Å². The van der Waals surface area contributed by atoms with Crippen LogP contribution in [0.5, 0.6) is 0 Å². The van der Waals surface area contributed by atoms with E-state index < -0.39 is 11.7 Å². The molecule has 0 aliphatic rings. The molecular formula is C19H14F3N5. The van der Waals surface area contributed by atoms with E-state index in [1.54, 1.807) is 48.8 Å². The van der Waals surface area contributed by atoms with E-state index in [9.17, 15) is 13.2 Å². The van der Waals surface area contributed by atoms with Crippen LogP contribution in [0, 0.1) is 0 Å². The number of azo groups is 1. The summed E-state index contributed by atoms with van der Waals surface area (Å²) in [6, 6.07) is 17.2. The highest BCUT2D eigenvalue weighted by Gasteiger charge is 2.33. The molecule has 3 aromatic rings. The zero-order valence-electron chi connectivity index (χ0n) is 13.9. The minimum atomic E-state index is -4.52. The Labute approximate surface area is 153 Å². The summed E-state index contributed by atoms with van der Waals surface area (Å²) in [4.78, 5) is 3.90. The molecule has 1 N–H and O–H groups in total. The molecule has 8 heteroatoms. The number of hydrogen-bond acceptors (Lipinski definition) is 4. The second-order valence-electron chi connectivity index (χ2n) is 5.36. The van der Waals surface area contributed by atoms with Crippen molar-refractivity contribution in [3.63, 3.8) is 0 Å². The van der Waals surface area contributed by atoms with Gasteiger partial charge in [-0.3, -0.25) is 10.4 Å². The average Bonchev–Trinajstić information content (AvgIpc) is 2.69. The Bertz CT molecular complexity index is 938. The normalized spacial score (nSPS) is 12.3. The first-order valence-corrected chi connectivity index (χ1v) is 7.91. The van der Waals surface area contributed by atoms with Gasteiger partial charge in [0, 0.05) is 18.0 Å². The highest BCUT2D eigenvalue weighted by atomic mass is 19.4. The molecule has 1 heterocycles. The number of aromatic nitrogens is 1. The van der Waals surface area contributed by atoms with E-state index in [-0.39, 0.29) is 11.5 Å². The van der Waals surface area contributed by atoms with Crippen LogP contribution in [0.25, 0.3) is 0 Å². The molecule has 3 rings (SSSR count). The fourth-order valence-electron chi connectivity index (χ4n) is 2.18. The Morgan fingerprint density at radius 1 is 0.852 bits per heavy atom. The Morgan fingerprint density at radius 3 is 2.22 bits per heavy atom. The molecule has 0 aliphatic carbocycles. The third-order valence-corrected chi connectivity index (χ3v) is 3.47. The van der Waals surface area contributed by atoms with E-state index in [0.717, 1.165) is 6.07 Å². The zero-order chi connectivity index (χ0) is 19.1. The fraction of sp³-hybridized carbons (Fsp3) is 0.0526. The van der Waals surface area contributed by atoms with Gasteiger partial charge in [0.2, 0.25) is 5.84 Å². The number of alkyl halides is 3. The lowest BCUT2D eigenvalue weighted by Crippen LogP contribution is -2.05. The fourth-order valence-corrected chi connectivity index (χ4v) is 2.18. The number of anilines is 1.